The molecule has 0 aliphatic heterocycles. The molecule has 10 heavy (non-hydrogen) atoms. The third-order valence-corrected chi connectivity index (χ3v) is 2.19. The van der Waals surface area contributed by atoms with Gasteiger partial charge < -0.3 is 25.3 Å². The van der Waals surface area contributed by atoms with E-state index in [0.717, 1.165) is 15.4 Å². The average Bonchev–Trinajstić information content (AvgIpc) is 1.83. The van der Waals surface area contributed by atoms with Crippen molar-refractivity contribution in [3.8, 4) is 0 Å². The molecule has 0 fully saturated rings. The van der Waals surface area contributed by atoms with E-state index >= 15 is 0 Å². The molecule has 0 radical (unpaired) electrons. The second kappa shape index (κ2) is 4.31. The average molecular weight is 262 g/mol. The second-order valence-corrected chi connectivity index (χ2v) is 2.75. The van der Waals surface area contributed by atoms with Crippen molar-refractivity contribution in [2.45, 2.75) is 16.7 Å². The first-order valence-electron chi connectivity index (χ1n) is 2.65. The van der Waals surface area contributed by atoms with E-state index in [0.29, 0.717) is 0 Å². The molecule has 3 heteroatoms. The van der Waals surface area contributed by atoms with Crippen molar-refractivity contribution in [1.82, 2.24) is 0 Å². The summed E-state index contributed by atoms with van der Waals surface area (Å²) in [6, 6.07) is 5.75. The van der Waals surface area contributed by atoms with Crippen molar-refractivity contribution in [3.05, 3.63) is 23.8 Å². The molecule has 0 saturated carbocycles. The van der Waals surface area contributed by atoms with E-state index in [-0.39, 0.29) is 22.4 Å². The summed E-state index contributed by atoms with van der Waals surface area (Å²) in [6.07, 6.45) is 0. The Morgan fingerprint density at radius 2 is 1.80 bits per heavy atom. The summed E-state index contributed by atoms with van der Waals surface area (Å²) in [4.78, 5) is 1.59. The van der Waals surface area contributed by atoms with E-state index in [9.17, 15) is 0 Å². The number of benzene rings is 1. The molecule has 0 amide bonds. The van der Waals surface area contributed by atoms with Crippen LogP contribution in [0.3, 0.4) is 0 Å². The summed E-state index contributed by atoms with van der Waals surface area (Å²) in [5.41, 5.74) is 1.09. The fourth-order valence-electron chi connectivity index (χ4n) is 0.626. The molecule has 0 saturated heterocycles. The maximum atomic E-state index is 4.99. The summed E-state index contributed by atoms with van der Waals surface area (Å²) in [5, 5.41) is 0. The minimum absolute atomic E-state index is 0. The van der Waals surface area contributed by atoms with Gasteiger partial charge in [-0.3, -0.25) is 0 Å². The molecule has 1 aromatic rings. The molecule has 0 nitrogen and oxygen atoms in total. The summed E-state index contributed by atoms with van der Waals surface area (Å²) >= 11 is 9.93. The standard InChI is InChI=1S/C7H8S2.Ag/c1-5-3-2-4-6(8)7(5)9;/h2-4,8-9H,1H3;/q;+1/p-2. The Kier molecular flexibility index (Phi) is 4.49. The van der Waals surface area contributed by atoms with Gasteiger partial charge in [-0.1, -0.05) is 23.8 Å². The van der Waals surface area contributed by atoms with Crippen LogP contribution in [0.25, 0.3) is 0 Å². The third kappa shape index (κ3) is 2.22. The van der Waals surface area contributed by atoms with Gasteiger partial charge in [-0.25, -0.2) is 0 Å². The molecular weight excluding hydrogens is 256 g/mol. The first-order valence-corrected chi connectivity index (χ1v) is 3.47. The summed E-state index contributed by atoms with van der Waals surface area (Å²) < 4.78 is 0. The van der Waals surface area contributed by atoms with Crippen molar-refractivity contribution >= 4 is 25.3 Å². The molecule has 0 N–H and O–H groups in total. The predicted octanol–water partition coefficient (Wildman–Crippen LogP) is 1.80. The van der Waals surface area contributed by atoms with Gasteiger partial charge in [-0.2, -0.15) is 9.79 Å². The molecule has 0 aliphatic carbocycles. The minimum atomic E-state index is 0. The van der Waals surface area contributed by atoms with Gasteiger partial charge in [0.15, 0.2) is 0 Å². The molecule has 0 unspecified atom stereocenters. The van der Waals surface area contributed by atoms with Crippen molar-refractivity contribution in [3.63, 3.8) is 0 Å². The fourth-order valence-corrected chi connectivity index (χ4v) is 1.00. The maximum Gasteiger partial charge on any atom is 1.00 e. The van der Waals surface area contributed by atoms with Crippen LogP contribution in [-0.4, -0.2) is 0 Å². The van der Waals surface area contributed by atoms with Crippen LogP contribution in [-0.2, 0) is 47.6 Å². The van der Waals surface area contributed by atoms with Crippen LogP contribution in [0.2, 0.25) is 0 Å². The molecule has 58 valence electrons. The Hall–Kier alpha value is 0.400. The SMILES string of the molecule is Cc1cccc([S-])c1[S-].[Ag+]. The Morgan fingerprint density at radius 3 is 2.20 bits per heavy atom. The van der Waals surface area contributed by atoms with Crippen LogP contribution in [0, 0.1) is 6.92 Å². The molecular formula is C7H6AgS2-. The van der Waals surface area contributed by atoms with Crippen molar-refractivity contribution in [2.24, 2.45) is 0 Å². The third-order valence-electron chi connectivity index (χ3n) is 1.18. The van der Waals surface area contributed by atoms with Crippen molar-refractivity contribution in [1.29, 1.82) is 0 Å². The predicted molar refractivity (Wildman–Crippen MR) is 42.4 cm³/mol. The number of hydrogen-bond acceptors (Lipinski definition) is 2. The monoisotopic (exact) mass is 261 g/mol. The van der Waals surface area contributed by atoms with E-state index in [1.54, 1.807) is 0 Å². The number of aryl methyl sites for hydroxylation is 1. The van der Waals surface area contributed by atoms with Crippen LogP contribution in [0.15, 0.2) is 28.0 Å². The zero-order chi connectivity index (χ0) is 6.85. The topological polar surface area (TPSA) is 0 Å². The Balaban J connectivity index is 0.000000810. The van der Waals surface area contributed by atoms with Gasteiger partial charge in [-0.15, -0.1) is 0 Å². The van der Waals surface area contributed by atoms with E-state index in [2.05, 4.69) is 0 Å². The summed E-state index contributed by atoms with van der Waals surface area (Å²) in [7, 11) is 0. The van der Waals surface area contributed by atoms with E-state index < -0.39 is 0 Å². The van der Waals surface area contributed by atoms with Crippen molar-refractivity contribution < 1.29 is 22.4 Å². The van der Waals surface area contributed by atoms with Gasteiger partial charge in [0.25, 0.3) is 0 Å². The molecule has 1 rings (SSSR count). The molecule has 0 aliphatic rings. The van der Waals surface area contributed by atoms with Gasteiger partial charge in [0.1, 0.15) is 0 Å². The smallest absolute Gasteiger partial charge is 0.781 e. The van der Waals surface area contributed by atoms with Crippen LogP contribution < -0.4 is 0 Å². The molecule has 0 bridgehead atoms. The van der Waals surface area contributed by atoms with E-state index in [1.165, 1.54) is 0 Å². The van der Waals surface area contributed by atoms with Gasteiger partial charge in [-0.05, 0) is 6.92 Å². The normalized spacial score (nSPS) is 8.50. The second-order valence-electron chi connectivity index (χ2n) is 1.90. The first-order chi connectivity index (χ1) is 4.22. The van der Waals surface area contributed by atoms with Gasteiger partial charge in [0, 0.05) is 0 Å². The molecule has 0 aromatic heterocycles. The summed E-state index contributed by atoms with van der Waals surface area (Å²) in [5.74, 6) is 0. The van der Waals surface area contributed by atoms with E-state index in [4.69, 9.17) is 25.3 Å². The largest absolute Gasteiger partial charge is 1.00 e. The molecule has 1 aromatic carbocycles. The first kappa shape index (κ1) is 10.4. The van der Waals surface area contributed by atoms with Gasteiger partial charge >= 0.3 is 22.4 Å². The maximum absolute atomic E-state index is 4.99. The Labute approximate surface area is 87.7 Å². The van der Waals surface area contributed by atoms with Crippen molar-refractivity contribution in [2.75, 3.05) is 0 Å². The number of hydrogen-bond donors (Lipinski definition) is 0. The molecule has 0 atom stereocenters. The molecule has 0 heterocycles. The minimum Gasteiger partial charge on any atom is -0.781 e. The van der Waals surface area contributed by atoms with Gasteiger partial charge in [0.2, 0.25) is 0 Å². The van der Waals surface area contributed by atoms with Crippen LogP contribution in [0.5, 0.6) is 0 Å². The van der Waals surface area contributed by atoms with Crippen LogP contribution in [0.1, 0.15) is 5.56 Å². The van der Waals surface area contributed by atoms with Gasteiger partial charge in [0.05, 0.1) is 0 Å². The zero-order valence-electron chi connectivity index (χ0n) is 5.35. The van der Waals surface area contributed by atoms with Crippen LogP contribution in [0.4, 0.5) is 0 Å². The quantitative estimate of drug-likeness (QED) is 0.516. The zero-order valence-corrected chi connectivity index (χ0v) is 8.47. The Bertz CT molecular complexity index is 203. The Morgan fingerprint density at radius 1 is 1.20 bits per heavy atom. The van der Waals surface area contributed by atoms with Crippen LogP contribution >= 0.6 is 0 Å². The van der Waals surface area contributed by atoms with E-state index in [1.807, 2.05) is 25.1 Å². The fraction of sp³-hybridized carbons (Fsp3) is 0.143. The molecule has 0 spiro atoms. The number of rotatable bonds is 0. The summed E-state index contributed by atoms with van der Waals surface area (Å²) in [6.45, 7) is 1.97.